The van der Waals surface area contributed by atoms with E-state index in [4.69, 9.17) is 18.3 Å². The Labute approximate surface area is 130 Å². The Balaban J connectivity index is 1.65. The molecule has 8 nitrogen and oxygen atoms in total. The third-order valence-electron chi connectivity index (χ3n) is 2.95. The highest BCUT2D eigenvalue weighted by molar-refractivity contribution is 5.92. The fourth-order valence-corrected chi connectivity index (χ4v) is 1.83. The van der Waals surface area contributed by atoms with Crippen molar-refractivity contribution in [1.29, 1.82) is 0 Å². The van der Waals surface area contributed by atoms with E-state index in [9.17, 15) is 9.90 Å². The number of phenols is 1. The predicted octanol–water partition coefficient (Wildman–Crippen LogP) is 2.40. The maximum absolute atomic E-state index is 11.9. The molecular weight excluding hydrogens is 304 g/mol. The highest BCUT2D eigenvalue weighted by atomic mass is 16.5. The zero-order valence-corrected chi connectivity index (χ0v) is 12.1. The van der Waals surface area contributed by atoms with E-state index < -0.39 is 5.97 Å². The third-order valence-corrected chi connectivity index (χ3v) is 2.95. The summed E-state index contributed by atoms with van der Waals surface area (Å²) in [5, 5.41) is 17.3. The Morgan fingerprint density at radius 3 is 2.87 bits per heavy atom. The number of methoxy groups -OCH3 is 1. The lowest BCUT2D eigenvalue weighted by atomic mass is 10.2. The van der Waals surface area contributed by atoms with Crippen LogP contribution in [0.25, 0.3) is 11.7 Å². The lowest BCUT2D eigenvalue weighted by Gasteiger charge is -2.06. The van der Waals surface area contributed by atoms with Gasteiger partial charge in [-0.3, -0.25) is 0 Å². The third kappa shape index (κ3) is 3.15. The molecule has 0 fully saturated rings. The maximum atomic E-state index is 11.9. The van der Waals surface area contributed by atoms with E-state index in [1.165, 1.54) is 31.6 Å². The average molecular weight is 316 g/mol. The van der Waals surface area contributed by atoms with Gasteiger partial charge in [0.25, 0.3) is 11.8 Å². The van der Waals surface area contributed by atoms with Crippen LogP contribution in [-0.2, 0) is 11.3 Å². The number of benzene rings is 1. The van der Waals surface area contributed by atoms with Gasteiger partial charge in [-0.2, -0.15) is 0 Å². The molecule has 3 aromatic rings. The summed E-state index contributed by atoms with van der Waals surface area (Å²) in [6.07, 6.45) is 1.48. The smallest absolute Gasteiger partial charge is 0.342 e. The van der Waals surface area contributed by atoms with Crippen LogP contribution in [0.2, 0.25) is 0 Å². The second-order valence-corrected chi connectivity index (χ2v) is 4.44. The Morgan fingerprint density at radius 2 is 2.17 bits per heavy atom. The van der Waals surface area contributed by atoms with Crippen LogP contribution in [0.4, 0.5) is 0 Å². The van der Waals surface area contributed by atoms with Gasteiger partial charge in [-0.15, -0.1) is 10.2 Å². The van der Waals surface area contributed by atoms with Gasteiger partial charge in [-0.25, -0.2) is 4.79 Å². The monoisotopic (exact) mass is 316 g/mol. The normalized spacial score (nSPS) is 10.5. The number of nitrogens with zero attached hydrogens (tertiary/aromatic N) is 2. The zero-order chi connectivity index (χ0) is 16.2. The van der Waals surface area contributed by atoms with Gasteiger partial charge in [-0.05, 0) is 24.3 Å². The molecule has 118 valence electrons. The van der Waals surface area contributed by atoms with Crippen LogP contribution in [0.3, 0.4) is 0 Å². The molecule has 0 aliphatic carbocycles. The van der Waals surface area contributed by atoms with E-state index >= 15 is 0 Å². The summed E-state index contributed by atoms with van der Waals surface area (Å²) in [5.74, 6) is 0.187. The molecule has 0 radical (unpaired) electrons. The minimum absolute atomic E-state index is 0.0107. The first-order valence-corrected chi connectivity index (χ1v) is 6.58. The lowest BCUT2D eigenvalue weighted by molar-refractivity contribution is 0.0435. The number of hydrogen-bond donors (Lipinski definition) is 1. The summed E-state index contributed by atoms with van der Waals surface area (Å²) in [6.45, 7) is -0.224. The van der Waals surface area contributed by atoms with Gasteiger partial charge in [0, 0.05) is 6.07 Å². The summed E-state index contributed by atoms with van der Waals surface area (Å²) in [6, 6.07) is 7.61. The average Bonchev–Trinajstić information content (AvgIpc) is 3.23. The Bertz CT molecular complexity index is 809. The van der Waals surface area contributed by atoms with Crippen molar-refractivity contribution < 1.29 is 28.2 Å². The molecule has 8 heteroatoms. The summed E-state index contributed by atoms with van der Waals surface area (Å²) in [4.78, 5) is 11.9. The van der Waals surface area contributed by atoms with E-state index in [-0.39, 0.29) is 29.7 Å². The van der Waals surface area contributed by atoms with Gasteiger partial charge in [0.2, 0.25) is 0 Å². The molecule has 0 bridgehead atoms. The molecular formula is C15H12N2O6. The number of esters is 1. The van der Waals surface area contributed by atoms with Crippen LogP contribution < -0.4 is 4.74 Å². The zero-order valence-electron chi connectivity index (χ0n) is 12.1. The minimum atomic E-state index is -0.720. The van der Waals surface area contributed by atoms with Gasteiger partial charge in [0.1, 0.15) is 17.1 Å². The van der Waals surface area contributed by atoms with Crippen molar-refractivity contribution >= 4 is 5.97 Å². The molecule has 0 saturated carbocycles. The Hall–Kier alpha value is -3.29. The molecule has 0 spiro atoms. The molecule has 0 atom stereocenters. The van der Waals surface area contributed by atoms with Crippen LogP contribution in [0, 0.1) is 0 Å². The van der Waals surface area contributed by atoms with E-state index in [2.05, 4.69) is 10.2 Å². The first kappa shape index (κ1) is 14.6. The summed E-state index contributed by atoms with van der Waals surface area (Å²) in [7, 11) is 1.46. The van der Waals surface area contributed by atoms with Crippen molar-refractivity contribution in [2.75, 3.05) is 7.11 Å². The van der Waals surface area contributed by atoms with E-state index in [0.29, 0.717) is 11.5 Å². The fraction of sp³-hybridized carbons (Fsp3) is 0.133. The number of hydrogen-bond acceptors (Lipinski definition) is 8. The number of aromatic nitrogens is 2. The summed E-state index contributed by atoms with van der Waals surface area (Å²) >= 11 is 0. The van der Waals surface area contributed by atoms with Crippen LogP contribution in [0.1, 0.15) is 16.2 Å². The number of ether oxygens (including phenoxy) is 2. The number of furan rings is 1. The van der Waals surface area contributed by atoms with Gasteiger partial charge >= 0.3 is 5.97 Å². The highest BCUT2D eigenvalue weighted by Gasteiger charge is 2.16. The molecule has 0 aliphatic heterocycles. The maximum Gasteiger partial charge on any atom is 0.342 e. The van der Waals surface area contributed by atoms with Crippen molar-refractivity contribution in [2.45, 2.75) is 6.61 Å². The van der Waals surface area contributed by atoms with Crippen LogP contribution in [0.5, 0.6) is 11.5 Å². The number of carbonyl (C=O) groups is 1. The standard InChI is InChI=1S/C15H12N2O6/c1-20-9-4-5-10(11(18)7-9)15(19)22-8-13-16-17-14(23-13)12-3-2-6-21-12/h2-7,18H,8H2,1H3. The van der Waals surface area contributed by atoms with Crippen LogP contribution in [0.15, 0.2) is 45.4 Å². The SMILES string of the molecule is COc1ccc(C(=O)OCc2nnc(-c3ccco3)o2)c(O)c1. The second-order valence-electron chi connectivity index (χ2n) is 4.44. The predicted molar refractivity (Wildman–Crippen MR) is 75.8 cm³/mol. The largest absolute Gasteiger partial charge is 0.507 e. The van der Waals surface area contributed by atoms with Crippen molar-refractivity contribution in [3.05, 3.63) is 48.0 Å². The minimum Gasteiger partial charge on any atom is -0.507 e. The van der Waals surface area contributed by atoms with Crippen molar-refractivity contribution in [1.82, 2.24) is 10.2 Å². The number of aromatic hydroxyl groups is 1. The van der Waals surface area contributed by atoms with Gasteiger partial charge in [0.15, 0.2) is 12.4 Å². The van der Waals surface area contributed by atoms with E-state index in [1.807, 2.05) is 0 Å². The molecule has 3 rings (SSSR count). The molecule has 0 unspecified atom stereocenters. The molecule has 0 aliphatic rings. The highest BCUT2D eigenvalue weighted by Crippen LogP contribution is 2.24. The van der Waals surface area contributed by atoms with Crippen molar-refractivity contribution in [3.63, 3.8) is 0 Å². The molecule has 1 aromatic carbocycles. The van der Waals surface area contributed by atoms with Crippen LogP contribution in [-0.4, -0.2) is 28.4 Å². The summed E-state index contributed by atoms with van der Waals surface area (Å²) in [5.41, 5.74) is 0.0107. The first-order chi connectivity index (χ1) is 11.2. The second kappa shape index (κ2) is 6.22. The summed E-state index contributed by atoms with van der Waals surface area (Å²) < 4.78 is 20.4. The Kier molecular flexibility index (Phi) is 3.96. The van der Waals surface area contributed by atoms with Gasteiger partial charge in [-0.1, -0.05) is 0 Å². The number of carbonyl (C=O) groups excluding carboxylic acids is 1. The molecule has 0 amide bonds. The fourth-order valence-electron chi connectivity index (χ4n) is 1.83. The molecule has 2 heterocycles. The quantitative estimate of drug-likeness (QED) is 0.715. The molecule has 23 heavy (non-hydrogen) atoms. The van der Waals surface area contributed by atoms with Crippen LogP contribution >= 0.6 is 0 Å². The first-order valence-electron chi connectivity index (χ1n) is 6.58. The topological polar surface area (TPSA) is 108 Å². The molecule has 0 saturated heterocycles. The number of phenolic OH excluding ortho intramolecular Hbond substituents is 1. The van der Waals surface area contributed by atoms with Gasteiger partial charge in [0.05, 0.1) is 13.4 Å². The molecule has 2 aromatic heterocycles. The van der Waals surface area contributed by atoms with E-state index in [1.54, 1.807) is 12.1 Å². The van der Waals surface area contributed by atoms with Crippen molar-refractivity contribution in [3.8, 4) is 23.1 Å². The Morgan fingerprint density at radius 1 is 1.30 bits per heavy atom. The number of rotatable bonds is 5. The van der Waals surface area contributed by atoms with E-state index in [0.717, 1.165) is 0 Å². The van der Waals surface area contributed by atoms with Crippen molar-refractivity contribution in [2.24, 2.45) is 0 Å². The molecule has 1 N–H and O–H groups in total. The van der Waals surface area contributed by atoms with Gasteiger partial charge < -0.3 is 23.4 Å². The lowest BCUT2D eigenvalue weighted by Crippen LogP contribution is -2.06.